The summed E-state index contributed by atoms with van der Waals surface area (Å²) in [6, 6.07) is 13.4. The number of halogens is 1. The van der Waals surface area contributed by atoms with E-state index in [1.165, 1.54) is 12.1 Å². The molecule has 1 saturated carbocycles. The Morgan fingerprint density at radius 2 is 1.70 bits per heavy atom. The molecule has 0 aromatic heterocycles. The van der Waals surface area contributed by atoms with E-state index in [0.29, 0.717) is 31.7 Å². The second-order valence-corrected chi connectivity index (χ2v) is 6.56. The molecule has 6 heteroatoms. The molecule has 2 unspecified atom stereocenters. The summed E-state index contributed by atoms with van der Waals surface area (Å²) in [5.41, 5.74) is 1.64. The minimum Gasteiger partial charge on any atom is -0.494 e. The first-order chi connectivity index (χ1) is 13.1. The zero-order valence-corrected chi connectivity index (χ0v) is 15.2. The summed E-state index contributed by atoms with van der Waals surface area (Å²) in [4.78, 5) is 24.4. The lowest BCUT2D eigenvalue weighted by Gasteiger charge is -2.07. The molecule has 0 radical (unpaired) electrons. The van der Waals surface area contributed by atoms with Crippen LogP contribution in [0, 0.1) is 17.7 Å². The molecule has 0 heterocycles. The van der Waals surface area contributed by atoms with E-state index in [2.05, 4.69) is 10.6 Å². The predicted molar refractivity (Wildman–Crippen MR) is 101 cm³/mol. The lowest BCUT2D eigenvalue weighted by Crippen LogP contribution is -2.29. The molecule has 5 nitrogen and oxygen atoms in total. The number of carbonyl (C=O) groups is 2. The van der Waals surface area contributed by atoms with Gasteiger partial charge in [-0.3, -0.25) is 9.59 Å². The molecule has 142 valence electrons. The van der Waals surface area contributed by atoms with Gasteiger partial charge in [0.15, 0.2) is 0 Å². The Hall–Kier alpha value is -2.89. The van der Waals surface area contributed by atoms with E-state index in [-0.39, 0.29) is 29.5 Å². The van der Waals surface area contributed by atoms with Crippen molar-refractivity contribution >= 4 is 17.5 Å². The molecule has 2 atom stereocenters. The van der Waals surface area contributed by atoms with E-state index >= 15 is 0 Å². The van der Waals surface area contributed by atoms with Crippen molar-refractivity contribution in [1.29, 1.82) is 0 Å². The fourth-order valence-electron chi connectivity index (χ4n) is 2.92. The van der Waals surface area contributed by atoms with Gasteiger partial charge in [0.25, 0.3) is 0 Å². The summed E-state index contributed by atoms with van der Waals surface area (Å²) in [5, 5.41) is 5.68. The van der Waals surface area contributed by atoms with Gasteiger partial charge in [0.2, 0.25) is 11.8 Å². The van der Waals surface area contributed by atoms with Crippen LogP contribution in [0.3, 0.4) is 0 Å². The van der Waals surface area contributed by atoms with Crippen molar-refractivity contribution < 1.29 is 18.7 Å². The van der Waals surface area contributed by atoms with Crippen molar-refractivity contribution in [2.24, 2.45) is 11.8 Å². The first-order valence-corrected chi connectivity index (χ1v) is 9.12. The molecule has 27 heavy (non-hydrogen) atoms. The molecule has 2 aromatic rings. The van der Waals surface area contributed by atoms with Crippen molar-refractivity contribution in [3.63, 3.8) is 0 Å². The zero-order chi connectivity index (χ0) is 19.2. The van der Waals surface area contributed by atoms with Gasteiger partial charge in [-0.2, -0.15) is 0 Å². The number of amides is 2. The number of anilines is 1. The summed E-state index contributed by atoms with van der Waals surface area (Å²) < 4.78 is 18.2. The highest BCUT2D eigenvalue weighted by atomic mass is 19.1. The first kappa shape index (κ1) is 18.9. The second kappa shape index (κ2) is 8.66. The van der Waals surface area contributed by atoms with Crippen LogP contribution in [-0.4, -0.2) is 25.0 Å². The Bertz CT molecular complexity index is 790. The first-order valence-electron chi connectivity index (χ1n) is 9.12. The van der Waals surface area contributed by atoms with Crippen LogP contribution in [0.1, 0.15) is 18.9 Å². The topological polar surface area (TPSA) is 67.4 Å². The molecular weight excluding hydrogens is 347 g/mol. The van der Waals surface area contributed by atoms with Gasteiger partial charge in [-0.25, -0.2) is 4.39 Å². The minimum absolute atomic E-state index is 0.107. The van der Waals surface area contributed by atoms with Crippen molar-refractivity contribution in [1.82, 2.24) is 5.32 Å². The third kappa shape index (κ3) is 5.29. The maximum atomic E-state index is 12.9. The largest absolute Gasteiger partial charge is 0.494 e. The van der Waals surface area contributed by atoms with Crippen molar-refractivity contribution in [2.45, 2.75) is 19.8 Å². The van der Waals surface area contributed by atoms with Gasteiger partial charge in [0.05, 0.1) is 18.4 Å². The maximum absolute atomic E-state index is 12.9. The molecule has 0 saturated heterocycles. The highest BCUT2D eigenvalue weighted by Gasteiger charge is 2.47. The van der Waals surface area contributed by atoms with Crippen LogP contribution < -0.4 is 15.4 Å². The van der Waals surface area contributed by atoms with Gasteiger partial charge in [-0.1, -0.05) is 12.1 Å². The van der Waals surface area contributed by atoms with Crippen LogP contribution in [0.25, 0.3) is 0 Å². The molecule has 2 amide bonds. The highest BCUT2D eigenvalue weighted by Crippen LogP contribution is 2.39. The number of hydrogen-bond acceptors (Lipinski definition) is 3. The third-order valence-corrected chi connectivity index (χ3v) is 4.52. The minimum atomic E-state index is -0.289. The van der Waals surface area contributed by atoms with Gasteiger partial charge in [0, 0.05) is 12.2 Å². The summed E-state index contributed by atoms with van der Waals surface area (Å²) in [7, 11) is 0. The smallest absolute Gasteiger partial charge is 0.228 e. The normalized spacial score (nSPS) is 17.9. The van der Waals surface area contributed by atoms with Crippen LogP contribution in [-0.2, 0) is 16.0 Å². The van der Waals surface area contributed by atoms with E-state index in [0.717, 1.165) is 11.3 Å². The molecule has 1 aliphatic rings. The predicted octanol–water partition coefficient (Wildman–Crippen LogP) is 3.16. The molecule has 0 bridgehead atoms. The highest BCUT2D eigenvalue weighted by molar-refractivity contribution is 5.99. The Kier molecular flexibility index (Phi) is 6.06. The average Bonchev–Trinajstić information content (AvgIpc) is 3.46. The lowest BCUT2D eigenvalue weighted by atomic mass is 10.1. The fourth-order valence-corrected chi connectivity index (χ4v) is 2.92. The molecule has 2 N–H and O–H groups in total. The average molecular weight is 370 g/mol. The van der Waals surface area contributed by atoms with E-state index < -0.39 is 0 Å². The molecule has 1 aliphatic carbocycles. The lowest BCUT2D eigenvalue weighted by molar-refractivity contribution is -0.125. The molecule has 3 rings (SSSR count). The van der Waals surface area contributed by atoms with Gasteiger partial charge in [0.1, 0.15) is 11.6 Å². The Balaban J connectivity index is 1.40. The van der Waals surface area contributed by atoms with Gasteiger partial charge < -0.3 is 15.4 Å². The van der Waals surface area contributed by atoms with E-state index in [9.17, 15) is 14.0 Å². The molecular formula is C21H23FN2O3. The van der Waals surface area contributed by atoms with E-state index in [1.54, 1.807) is 36.4 Å². The maximum Gasteiger partial charge on any atom is 0.228 e. The van der Waals surface area contributed by atoms with Crippen LogP contribution in [0.2, 0.25) is 0 Å². The SMILES string of the molecule is CCOc1ccc(NC(=O)C2CC2C(=O)NCCc2ccc(F)cc2)cc1. The van der Waals surface area contributed by atoms with Crippen molar-refractivity contribution in [3.05, 3.63) is 59.9 Å². The second-order valence-electron chi connectivity index (χ2n) is 6.56. The molecule has 1 fully saturated rings. The molecule has 0 spiro atoms. The van der Waals surface area contributed by atoms with Gasteiger partial charge >= 0.3 is 0 Å². The molecule has 2 aromatic carbocycles. The number of hydrogen-bond donors (Lipinski definition) is 2. The number of rotatable bonds is 8. The van der Waals surface area contributed by atoms with Crippen LogP contribution >= 0.6 is 0 Å². The number of carbonyl (C=O) groups excluding carboxylic acids is 2. The Labute approximate surface area is 157 Å². The van der Waals surface area contributed by atoms with E-state index in [4.69, 9.17) is 4.74 Å². The Morgan fingerprint density at radius 1 is 1.04 bits per heavy atom. The van der Waals surface area contributed by atoms with Crippen molar-refractivity contribution in [3.8, 4) is 5.75 Å². The van der Waals surface area contributed by atoms with Gasteiger partial charge in [-0.15, -0.1) is 0 Å². The quantitative estimate of drug-likeness (QED) is 0.750. The summed E-state index contributed by atoms with van der Waals surface area (Å²) >= 11 is 0. The summed E-state index contributed by atoms with van der Waals surface area (Å²) in [5.74, 6) is -0.340. The standard InChI is InChI=1S/C21H23FN2O3/c1-2-27-17-9-7-16(8-10-17)24-21(26)19-13-18(19)20(25)23-12-11-14-3-5-15(22)6-4-14/h3-10,18-19H,2,11-13H2,1H3,(H,23,25)(H,24,26). The monoisotopic (exact) mass is 370 g/mol. The van der Waals surface area contributed by atoms with Gasteiger partial charge in [-0.05, 0) is 61.7 Å². The number of nitrogens with one attached hydrogen (secondary N) is 2. The molecule has 0 aliphatic heterocycles. The summed E-state index contributed by atoms with van der Waals surface area (Å²) in [6.45, 7) is 2.97. The van der Waals surface area contributed by atoms with Crippen LogP contribution in [0.5, 0.6) is 5.75 Å². The zero-order valence-electron chi connectivity index (χ0n) is 15.2. The van der Waals surface area contributed by atoms with Crippen LogP contribution in [0.15, 0.2) is 48.5 Å². The third-order valence-electron chi connectivity index (χ3n) is 4.52. The van der Waals surface area contributed by atoms with E-state index in [1.807, 2.05) is 6.92 Å². The fraction of sp³-hybridized carbons (Fsp3) is 0.333. The van der Waals surface area contributed by atoms with Crippen molar-refractivity contribution in [2.75, 3.05) is 18.5 Å². The summed E-state index contributed by atoms with van der Waals surface area (Å²) in [6.07, 6.45) is 1.19. The van der Waals surface area contributed by atoms with Crippen LogP contribution in [0.4, 0.5) is 10.1 Å². The number of benzene rings is 2. The number of ether oxygens (including phenoxy) is 1. The Morgan fingerprint density at radius 3 is 2.37 bits per heavy atom.